The number of thioether (sulfide) groups is 1. The van der Waals surface area contributed by atoms with Crippen LogP contribution in [0.4, 0.5) is 0 Å². The molecule has 0 atom stereocenters. The summed E-state index contributed by atoms with van der Waals surface area (Å²) in [6, 6.07) is 19.4. The van der Waals surface area contributed by atoms with E-state index >= 15 is 0 Å². The lowest BCUT2D eigenvalue weighted by atomic mass is 10.1. The van der Waals surface area contributed by atoms with Crippen LogP contribution in [0.5, 0.6) is 0 Å². The monoisotopic (exact) mass is 268 g/mol. The van der Waals surface area contributed by atoms with E-state index in [1.807, 2.05) is 11.8 Å². The van der Waals surface area contributed by atoms with Gasteiger partial charge in [-0.25, -0.2) is 0 Å². The highest BCUT2D eigenvalue weighted by Crippen LogP contribution is 2.22. The van der Waals surface area contributed by atoms with Crippen LogP contribution in [-0.4, -0.2) is 0 Å². The molecule has 0 unspecified atom stereocenters. The molecule has 0 spiro atoms. The van der Waals surface area contributed by atoms with Crippen molar-refractivity contribution in [3.8, 4) is 0 Å². The Labute approximate surface area is 120 Å². The molecule has 2 rings (SSSR count). The normalized spacial score (nSPS) is 11.6. The lowest BCUT2D eigenvalue weighted by Gasteiger charge is -2.03. The van der Waals surface area contributed by atoms with Crippen LogP contribution in [0.1, 0.15) is 24.5 Å². The van der Waals surface area contributed by atoms with E-state index in [9.17, 15) is 0 Å². The third-order valence-corrected chi connectivity index (χ3v) is 4.13. The highest BCUT2D eigenvalue weighted by Gasteiger charge is 1.95. The fourth-order valence-corrected chi connectivity index (χ4v) is 2.58. The Bertz CT molecular complexity index is 523. The van der Waals surface area contributed by atoms with Crippen LogP contribution in [0.3, 0.4) is 0 Å². The first kappa shape index (κ1) is 14.0. The van der Waals surface area contributed by atoms with Crippen LogP contribution >= 0.6 is 11.8 Å². The molecule has 0 aromatic heterocycles. The number of hydrogen-bond acceptors (Lipinski definition) is 1. The lowest BCUT2D eigenvalue weighted by Crippen LogP contribution is -1.85. The molecular formula is C18H20S. The zero-order valence-corrected chi connectivity index (χ0v) is 12.4. The minimum atomic E-state index is 1.12. The summed E-state index contributed by atoms with van der Waals surface area (Å²) in [7, 11) is 0. The summed E-state index contributed by atoms with van der Waals surface area (Å²) < 4.78 is 0. The summed E-state index contributed by atoms with van der Waals surface area (Å²) in [5, 5.41) is 2.27. The van der Waals surface area contributed by atoms with Gasteiger partial charge in [-0.1, -0.05) is 65.4 Å². The van der Waals surface area contributed by atoms with Gasteiger partial charge < -0.3 is 0 Å². The van der Waals surface area contributed by atoms with Crippen molar-refractivity contribution in [1.82, 2.24) is 0 Å². The van der Waals surface area contributed by atoms with Crippen LogP contribution in [-0.2, 0) is 6.42 Å². The third kappa shape index (κ3) is 4.96. The van der Waals surface area contributed by atoms with Crippen LogP contribution in [0.2, 0.25) is 0 Å². The molecule has 19 heavy (non-hydrogen) atoms. The Kier molecular flexibility index (Phi) is 5.29. The summed E-state index contributed by atoms with van der Waals surface area (Å²) in [4.78, 5) is 1.31. The van der Waals surface area contributed by atoms with Gasteiger partial charge in [0.25, 0.3) is 0 Å². The zero-order chi connectivity index (χ0) is 13.5. The molecule has 0 saturated heterocycles. The van der Waals surface area contributed by atoms with Gasteiger partial charge in [0.2, 0.25) is 0 Å². The fourth-order valence-electron chi connectivity index (χ4n) is 1.83. The topological polar surface area (TPSA) is 0 Å². The van der Waals surface area contributed by atoms with Gasteiger partial charge >= 0.3 is 0 Å². The third-order valence-electron chi connectivity index (χ3n) is 3.07. The van der Waals surface area contributed by atoms with Crippen molar-refractivity contribution in [1.29, 1.82) is 0 Å². The van der Waals surface area contributed by atoms with Crippen molar-refractivity contribution in [2.24, 2.45) is 0 Å². The summed E-state index contributed by atoms with van der Waals surface area (Å²) in [6.45, 7) is 4.33. The molecule has 0 fully saturated rings. The SMILES string of the molecule is C/C(=C/Sc1ccc(C)cc1)CCc1ccccc1. The van der Waals surface area contributed by atoms with Crippen molar-refractivity contribution in [2.45, 2.75) is 31.6 Å². The van der Waals surface area contributed by atoms with E-state index in [2.05, 4.69) is 73.9 Å². The van der Waals surface area contributed by atoms with Crippen LogP contribution in [0.25, 0.3) is 0 Å². The van der Waals surface area contributed by atoms with Gasteiger partial charge in [0.1, 0.15) is 0 Å². The average molecular weight is 268 g/mol. The maximum absolute atomic E-state index is 2.27. The van der Waals surface area contributed by atoms with Gasteiger partial charge in [-0.15, -0.1) is 0 Å². The smallest absolute Gasteiger partial charge is 0.0116 e. The van der Waals surface area contributed by atoms with Crippen LogP contribution in [0.15, 0.2) is 70.5 Å². The molecule has 2 aromatic rings. The van der Waals surface area contributed by atoms with Gasteiger partial charge in [0.15, 0.2) is 0 Å². The van der Waals surface area contributed by atoms with Crippen LogP contribution < -0.4 is 0 Å². The lowest BCUT2D eigenvalue weighted by molar-refractivity contribution is 0.944. The Morgan fingerprint density at radius 2 is 1.68 bits per heavy atom. The highest BCUT2D eigenvalue weighted by molar-refractivity contribution is 8.02. The Hall–Kier alpha value is -1.47. The molecule has 0 N–H and O–H groups in total. The minimum absolute atomic E-state index is 1.12. The summed E-state index contributed by atoms with van der Waals surface area (Å²) in [5.41, 5.74) is 4.17. The molecule has 0 heterocycles. The van der Waals surface area contributed by atoms with Crippen LogP contribution in [0, 0.1) is 6.92 Å². The standard InChI is InChI=1S/C18H20S/c1-15-9-12-18(13-10-15)19-14-16(2)8-11-17-6-4-3-5-7-17/h3-7,9-10,12-14H,8,11H2,1-2H3/b16-14-. The van der Waals surface area contributed by atoms with E-state index in [1.165, 1.54) is 21.6 Å². The number of hydrogen-bond donors (Lipinski definition) is 0. The molecule has 0 aliphatic heterocycles. The van der Waals surface area contributed by atoms with E-state index in [-0.39, 0.29) is 0 Å². The van der Waals surface area contributed by atoms with E-state index in [1.54, 1.807) is 0 Å². The second-order valence-electron chi connectivity index (χ2n) is 4.88. The molecule has 0 aliphatic rings. The van der Waals surface area contributed by atoms with Crippen molar-refractivity contribution in [3.05, 3.63) is 76.7 Å². The number of rotatable bonds is 5. The van der Waals surface area contributed by atoms with Crippen molar-refractivity contribution in [2.75, 3.05) is 0 Å². The van der Waals surface area contributed by atoms with Crippen molar-refractivity contribution in [3.63, 3.8) is 0 Å². The maximum atomic E-state index is 2.27. The first-order valence-electron chi connectivity index (χ1n) is 6.67. The molecule has 1 heteroatoms. The largest absolute Gasteiger partial charge is 0.0981 e. The van der Waals surface area contributed by atoms with Gasteiger partial charge in [-0.2, -0.15) is 0 Å². The van der Waals surface area contributed by atoms with Gasteiger partial charge in [0, 0.05) is 4.90 Å². The molecule has 0 radical (unpaired) electrons. The van der Waals surface area contributed by atoms with Crippen molar-refractivity contribution < 1.29 is 0 Å². The summed E-state index contributed by atoms with van der Waals surface area (Å²) in [6.07, 6.45) is 2.25. The first-order valence-corrected chi connectivity index (χ1v) is 7.55. The second kappa shape index (κ2) is 7.20. The van der Waals surface area contributed by atoms with E-state index < -0.39 is 0 Å². The second-order valence-corrected chi connectivity index (χ2v) is 5.82. The number of aryl methyl sites for hydroxylation is 2. The van der Waals surface area contributed by atoms with E-state index in [0.29, 0.717) is 0 Å². The molecule has 0 nitrogen and oxygen atoms in total. The van der Waals surface area contributed by atoms with E-state index in [0.717, 1.165) is 12.8 Å². The predicted molar refractivity (Wildman–Crippen MR) is 85.6 cm³/mol. The molecule has 2 aromatic carbocycles. The minimum Gasteiger partial charge on any atom is -0.0981 e. The molecule has 0 aliphatic carbocycles. The Morgan fingerprint density at radius 1 is 1.00 bits per heavy atom. The predicted octanol–water partition coefficient (Wildman–Crippen LogP) is 5.62. The Balaban J connectivity index is 1.84. The first-order chi connectivity index (χ1) is 9.24. The zero-order valence-electron chi connectivity index (χ0n) is 11.6. The Morgan fingerprint density at radius 3 is 2.37 bits per heavy atom. The van der Waals surface area contributed by atoms with Gasteiger partial charge in [-0.3, -0.25) is 0 Å². The molecule has 0 saturated carbocycles. The molecule has 98 valence electrons. The van der Waals surface area contributed by atoms with E-state index in [4.69, 9.17) is 0 Å². The summed E-state index contributed by atoms with van der Waals surface area (Å²) >= 11 is 1.81. The van der Waals surface area contributed by atoms with Gasteiger partial charge in [-0.05, 0) is 49.8 Å². The summed E-state index contributed by atoms with van der Waals surface area (Å²) in [5.74, 6) is 0. The quantitative estimate of drug-likeness (QED) is 0.634. The maximum Gasteiger partial charge on any atom is 0.0116 e. The fraction of sp³-hybridized carbons (Fsp3) is 0.222. The highest BCUT2D eigenvalue weighted by atomic mass is 32.2. The molecule has 0 amide bonds. The molecular weight excluding hydrogens is 248 g/mol. The molecule has 0 bridgehead atoms. The van der Waals surface area contributed by atoms with Gasteiger partial charge in [0.05, 0.1) is 0 Å². The average Bonchev–Trinajstić information content (AvgIpc) is 2.45. The number of allylic oxidation sites excluding steroid dienone is 1. The van der Waals surface area contributed by atoms with Crippen molar-refractivity contribution >= 4 is 11.8 Å². The number of benzene rings is 2.